The number of halogens is 1. The second-order valence-corrected chi connectivity index (χ2v) is 5.54. The summed E-state index contributed by atoms with van der Waals surface area (Å²) in [5.41, 5.74) is 4.12. The van der Waals surface area contributed by atoms with Crippen molar-refractivity contribution >= 4 is 33.2 Å². The molecule has 2 heterocycles. The fraction of sp³-hybridized carbons (Fsp3) is 0.200. The van der Waals surface area contributed by atoms with Gasteiger partial charge < -0.3 is 10.6 Å². The lowest BCUT2D eigenvalue weighted by Crippen LogP contribution is -2.19. The van der Waals surface area contributed by atoms with Gasteiger partial charge in [0.25, 0.3) is 0 Å². The van der Waals surface area contributed by atoms with Crippen LogP contribution in [-0.4, -0.2) is 10.9 Å². The van der Waals surface area contributed by atoms with Gasteiger partial charge in [0.05, 0.1) is 12.2 Å². The van der Waals surface area contributed by atoms with Crippen molar-refractivity contribution in [3.63, 3.8) is 0 Å². The second-order valence-electron chi connectivity index (χ2n) is 4.73. The van der Waals surface area contributed by atoms with Gasteiger partial charge in [0, 0.05) is 17.8 Å². The fourth-order valence-corrected chi connectivity index (χ4v) is 2.62. The molecule has 0 saturated carbocycles. The first kappa shape index (κ1) is 13.1. The van der Waals surface area contributed by atoms with E-state index in [-0.39, 0.29) is 5.91 Å². The van der Waals surface area contributed by atoms with E-state index < -0.39 is 0 Å². The van der Waals surface area contributed by atoms with Crippen LogP contribution in [0.25, 0.3) is 0 Å². The molecule has 5 heteroatoms. The Balaban J connectivity index is 1.71. The van der Waals surface area contributed by atoms with Crippen LogP contribution in [0.2, 0.25) is 0 Å². The van der Waals surface area contributed by atoms with Crippen molar-refractivity contribution in [3.05, 3.63) is 52.3 Å². The number of nitrogens with zero attached hydrogens (tertiary/aromatic N) is 1. The minimum Gasteiger partial charge on any atom is -0.379 e. The Morgan fingerprint density at radius 3 is 3.00 bits per heavy atom. The van der Waals surface area contributed by atoms with E-state index in [0.717, 1.165) is 28.1 Å². The summed E-state index contributed by atoms with van der Waals surface area (Å²) in [5, 5.41) is 6.24. The van der Waals surface area contributed by atoms with E-state index >= 15 is 0 Å². The summed E-state index contributed by atoms with van der Waals surface area (Å²) >= 11 is 3.36. The number of pyridine rings is 1. The summed E-state index contributed by atoms with van der Waals surface area (Å²) in [6, 6.07) is 11.9. The van der Waals surface area contributed by atoms with E-state index in [4.69, 9.17) is 0 Å². The topological polar surface area (TPSA) is 54.0 Å². The first-order valence-electron chi connectivity index (χ1n) is 6.49. The van der Waals surface area contributed by atoms with Crippen LogP contribution in [0.5, 0.6) is 0 Å². The van der Waals surface area contributed by atoms with Crippen LogP contribution in [0.15, 0.2) is 41.0 Å². The molecular weight excluding hydrogens is 318 g/mol. The molecular formula is C15H14BrN3O. The van der Waals surface area contributed by atoms with Gasteiger partial charge >= 0.3 is 0 Å². The lowest BCUT2D eigenvalue weighted by molar-refractivity contribution is -0.116. The molecule has 1 aromatic carbocycles. The molecule has 4 nitrogen and oxygen atoms in total. The molecule has 102 valence electrons. The van der Waals surface area contributed by atoms with E-state index in [1.54, 1.807) is 0 Å². The minimum absolute atomic E-state index is 0.0940. The predicted molar refractivity (Wildman–Crippen MR) is 82.7 cm³/mol. The number of carbonyl (C=O) groups is 1. The van der Waals surface area contributed by atoms with E-state index in [9.17, 15) is 4.79 Å². The highest BCUT2D eigenvalue weighted by Crippen LogP contribution is 2.25. The molecule has 1 amide bonds. The van der Waals surface area contributed by atoms with Gasteiger partial charge in [0.2, 0.25) is 5.91 Å². The fourth-order valence-electron chi connectivity index (χ4n) is 2.23. The molecule has 2 aromatic rings. The van der Waals surface area contributed by atoms with Crippen LogP contribution >= 0.6 is 15.9 Å². The predicted octanol–water partition coefficient (Wildman–Crippen LogP) is 3.34. The number of nitrogens with one attached hydrogen (secondary N) is 2. The Kier molecular flexibility index (Phi) is 3.69. The van der Waals surface area contributed by atoms with Crippen molar-refractivity contribution < 1.29 is 4.79 Å². The molecule has 0 radical (unpaired) electrons. The number of carbonyl (C=O) groups excluding carboxylic acids is 1. The number of benzene rings is 1. The summed E-state index contributed by atoms with van der Waals surface area (Å²) in [4.78, 5) is 15.7. The van der Waals surface area contributed by atoms with E-state index in [1.807, 2.05) is 30.3 Å². The first-order chi connectivity index (χ1) is 9.70. The molecule has 0 fully saturated rings. The van der Waals surface area contributed by atoms with Crippen LogP contribution in [0, 0.1) is 0 Å². The zero-order chi connectivity index (χ0) is 13.9. The number of aryl methyl sites for hydroxylation is 1. The highest BCUT2D eigenvalue weighted by atomic mass is 79.9. The van der Waals surface area contributed by atoms with Crippen molar-refractivity contribution in [3.8, 4) is 0 Å². The molecule has 1 aliphatic heterocycles. The standard InChI is InChI=1S/C15H14BrN3O/c16-14-3-1-2-12(18-14)9-17-11-5-6-13-10(8-11)4-7-15(20)19-13/h1-3,5-6,8,17H,4,7,9H2,(H,19,20). The van der Waals surface area contributed by atoms with Crippen molar-refractivity contribution in [2.45, 2.75) is 19.4 Å². The van der Waals surface area contributed by atoms with Gasteiger partial charge in [-0.15, -0.1) is 0 Å². The smallest absolute Gasteiger partial charge is 0.224 e. The summed E-state index contributed by atoms with van der Waals surface area (Å²) in [6.07, 6.45) is 1.36. The zero-order valence-electron chi connectivity index (χ0n) is 10.8. The number of amides is 1. The van der Waals surface area contributed by atoms with Gasteiger partial charge in [-0.1, -0.05) is 6.07 Å². The molecule has 0 unspecified atom stereocenters. The van der Waals surface area contributed by atoms with Crippen LogP contribution in [0.4, 0.5) is 11.4 Å². The summed E-state index contributed by atoms with van der Waals surface area (Å²) in [5.74, 6) is 0.0940. The number of aromatic nitrogens is 1. The number of hydrogen-bond donors (Lipinski definition) is 2. The monoisotopic (exact) mass is 331 g/mol. The maximum Gasteiger partial charge on any atom is 0.224 e. The number of rotatable bonds is 3. The number of hydrogen-bond acceptors (Lipinski definition) is 3. The SMILES string of the molecule is O=C1CCc2cc(NCc3cccc(Br)n3)ccc2N1. The average Bonchev–Trinajstić information content (AvgIpc) is 2.45. The van der Waals surface area contributed by atoms with E-state index in [1.165, 1.54) is 5.56 Å². The summed E-state index contributed by atoms with van der Waals surface area (Å²) < 4.78 is 0.838. The number of fused-ring (bicyclic) bond motifs is 1. The van der Waals surface area contributed by atoms with E-state index in [2.05, 4.69) is 37.6 Å². The Hall–Kier alpha value is -1.88. The lowest BCUT2D eigenvalue weighted by Gasteiger charge is -2.18. The minimum atomic E-state index is 0.0940. The third kappa shape index (κ3) is 2.99. The van der Waals surface area contributed by atoms with Crippen LogP contribution < -0.4 is 10.6 Å². The molecule has 0 spiro atoms. The van der Waals surface area contributed by atoms with Gasteiger partial charge in [0.15, 0.2) is 0 Å². The summed E-state index contributed by atoms with van der Waals surface area (Å²) in [6.45, 7) is 0.671. The molecule has 0 aliphatic carbocycles. The van der Waals surface area contributed by atoms with Crippen molar-refractivity contribution in [1.82, 2.24) is 4.98 Å². The van der Waals surface area contributed by atoms with Crippen molar-refractivity contribution in [1.29, 1.82) is 0 Å². The number of anilines is 2. The molecule has 1 aromatic heterocycles. The molecule has 20 heavy (non-hydrogen) atoms. The average molecular weight is 332 g/mol. The molecule has 0 bridgehead atoms. The molecule has 3 rings (SSSR count). The van der Waals surface area contributed by atoms with Crippen LogP contribution in [0.3, 0.4) is 0 Å². The zero-order valence-corrected chi connectivity index (χ0v) is 12.4. The molecule has 1 aliphatic rings. The lowest BCUT2D eigenvalue weighted by atomic mass is 10.0. The third-order valence-corrected chi connectivity index (χ3v) is 3.69. The van der Waals surface area contributed by atoms with Gasteiger partial charge in [-0.3, -0.25) is 4.79 Å². The van der Waals surface area contributed by atoms with Gasteiger partial charge in [-0.25, -0.2) is 4.98 Å². The normalized spacial score (nSPS) is 13.6. The highest BCUT2D eigenvalue weighted by Gasteiger charge is 2.14. The quantitative estimate of drug-likeness (QED) is 0.848. The first-order valence-corrected chi connectivity index (χ1v) is 7.28. The van der Waals surface area contributed by atoms with Crippen molar-refractivity contribution in [2.24, 2.45) is 0 Å². The molecule has 0 atom stereocenters. The molecule has 0 saturated heterocycles. The third-order valence-electron chi connectivity index (χ3n) is 3.25. The maximum atomic E-state index is 11.3. The van der Waals surface area contributed by atoms with Crippen LogP contribution in [0.1, 0.15) is 17.7 Å². The Morgan fingerprint density at radius 2 is 2.15 bits per heavy atom. The largest absolute Gasteiger partial charge is 0.379 e. The van der Waals surface area contributed by atoms with E-state index in [0.29, 0.717) is 13.0 Å². The van der Waals surface area contributed by atoms with Gasteiger partial charge in [-0.05, 0) is 58.2 Å². The maximum absolute atomic E-state index is 11.3. The Bertz CT molecular complexity index is 657. The summed E-state index contributed by atoms with van der Waals surface area (Å²) in [7, 11) is 0. The molecule has 2 N–H and O–H groups in total. The Labute approximate surface area is 125 Å². The highest BCUT2D eigenvalue weighted by molar-refractivity contribution is 9.10. The van der Waals surface area contributed by atoms with Gasteiger partial charge in [0.1, 0.15) is 4.60 Å². The van der Waals surface area contributed by atoms with Gasteiger partial charge in [-0.2, -0.15) is 0 Å². The second kappa shape index (κ2) is 5.63. The van der Waals surface area contributed by atoms with Crippen molar-refractivity contribution in [2.75, 3.05) is 10.6 Å². The van der Waals surface area contributed by atoms with Crippen LogP contribution in [-0.2, 0) is 17.8 Å². The Morgan fingerprint density at radius 1 is 1.25 bits per heavy atom.